The van der Waals surface area contributed by atoms with Crippen LogP contribution in [0.2, 0.25) is 0 Å². The molecule has 4 heteroatoms. The first-order chi connectivity index (χ1) is 10.3. The van der Waals surface area contributed by atoms with E-state index in [4.69, 9.17) is 10.6 Å². The van der Waals surface area contributed by atoms with E-state index in [1.807, 2.05) is 12.1 Å². The van der Waals surface area contributed by atoms with Crippen LogP contribution in [-0.4, -0.2) is 6.61 Å². The molecule has 1 aliphatic rings. The van der Waals surface area contributed by atoms with E-state index in [2.05, 4.69) is 57.8 Å². The lowest BCUT2D eigenvalue weighted by Crippen LogP contribution is -2.30. The molecule has 3 nitrogen and oxygen atoms in total. The van der Waals surface area contributed by atoms with Crippen LogP contribution >= 0.6 is 15.9 Å². The van der Waals surface area contributed by atoms with Gasteiger partial charge in [0.2, 0.25) is 0 Å². The number of rotatable bonds is 4. The first-order valence-corrected chi connectivity index (χ1v) is 8.00. The fraction of sp³-hybridized carbons (Fsp3) is 0.294. The number of fused-ring (bicyclic) bond motifs is 1. The van der Waals surface area contributed by atoms with Crippen LogP contribution in [0.25, 0.3) is 0 Å². The predicted molar refractivity (Wildman–Crippen MR) is 88.1 cm³/mol. The summed E-state index contributed by atoms with van der Waals surface area (Å²) in [6, 6.07) is 16.8. The number of hydrazine groups is 1. The molecule has 0 aliphatic carbocycles. The standard InChI is InChI=1S/C17H19BrN2O/c18-14-7-5-12(6-8-14)16(20-19)11-13-9-10-21-17-4-2-1-3-15(13)17/h1-8,13,16,20H,9-11,19H2. The van der Waals surface area contributed by atoms with E-state index in [-0.39, 0.29) is 6.04 Å². The van der Waals surface area contributed by atoms with Gasteiger partial charge in [-0.3, -0.25) is 11.3 Å². The number of hydrogen-bond donors (Lipinski definition) is 2. The maximum atomic E-state index is 5.79. The van der Waals surface area contributed by atoms with Crippen molar-refractivity contribution in [2.45, 2.75) is 24.8 Å². The second-order valence-corrected chi connectivity index (χ2v) is 6.29. The summed E-state index contributed by atoms with van der Waals surface area (Å²) in [7, 11) is 0. The van der Waals surface area contributed by atoms with Crippen molar-refractivity contribution in [3.05, 3.63) is 64.1 Å². The van der Waals surface area contributed by atoms with E-state index < -0.39 is 0 Å². The molecule has 0 fully saturated rings. The molecule has 0 spiro atoms. The molecule has 1 heterocycles. The van der Waals surface area contributed by atoms with Crippen LogP contribution in [0.3, 0.4) is 0 Å². The third kappa shape index (κ3) is 3.28. The first kappa shape index (κ1) is 14.6. The molecule has 0 radical (unpaired) electrons. The van der Waals surface area contributed by atoms with Crippen molar-refractivity contribution in [2.75, 3.05) is 6.61 Å². The number of benzene rings is 2. The number of ether oxygens (including phenoxy) is 1. The molecular weight excluding hydrogens is 328 g/mol. The van der Waals surface area contributed by atoms with Crippen LogP contribution in [0.15, 0.2) is 53.0 Å². The van der Waals surface area contributed by atoms with Gasteiger partial charge in [-0.2, -0.15) is 0 Å². The predicted octanol–water partition coefficient (Wildman–Crippen LogP) is 3.91. The highest BCUT2D eigenvalue weighted by molar-refractivity contribution is 9.10. The average molecular weight is 347 g/mol. The third-order valence-electron chi connectivity index (χ3n) is 4.08. The van der Waals surface area contributed by atoms with Gasteiger partial charge in [-0.15, -0.1) is 0 Å². The second-order valence-electron chi connectivity index (χ2n) is 5.38. The molecule has 3 N–H and O–H groups in total. The summed E-state index contributed by atoms with van der Waals surface area (Å²) in [4.78, 5) is 0. The molecule has 2 aromatic rings. The van der Waals surface area contributed by atoms with E-state index in [0.29, 0.717) is 5.92 Å². The Kier molecular flexibility index (Phi) is 4.58. The summed E-state index contributed by atoms with van der Waals surface area (Å²) in [5.74, 6) is 7.27. The molecule has 1 aliphatic heterocycles. The highest BCUT2D eigenvalue weighted by Crippen LogP contribution is 2.38. The number of nitrogens with one attached hydrogen (secondary N) is 1. The zero-order valence-corrected chi connectivity index (χ0v) is 13.3. The normalized spacial score (nSPS) is 18.7. The van der Waals surface area contributed by atoms with Crippen LogP contribution < -0.4 is 16.0 Å². The molecule has 3 rings (SSSR count). The summed E-state index contributed by atoms with van der Waals surface area (Å²) >= 11 is 3.47. The van der Waals surface area contributed by atoms with Gasteiger partial charge in [-0.1, -0.05) is 46.3 Å². The molecule has 2 aromatic carbocycles. The van der Waals surface area contributed by atoms with Gasteiger partial charge in [0.25, 0.3) is 0 Å². The largest absolute Gasteiger partial charge is 0.493 e. The van der Waals surface area contributed by atoms with Crippen LogP contribution in [0, 0.1) is 0 Å². The van der Waals surface area contributed by atoms with Gasteiger partial charge in [0.05, 0.1) is 6.61 Å². The van der Waals surface area contributed by atoms with E-state index in [1.165, 1.54) is 11.1 Å². The average Bonchev–Trinajstić information content (AvgIpc) is 2.54. The third-order valence-corrected chi connectivity index (χ3v) is 4.61. The Labute approximate surface area is 133 Å². The fourth-order valence-electron chi connectivity index (χ4n) is 2.94. The smallest absolute Gasteiger partial charge is 0.122 e. The van der Waals surface area contributed by atoms with Crippen molar-refractivity contribution in [3.8, 4) is 5.75 Å². The monoisotopic (exact) mass is 346 g/mol. The van der Waals surface area contributed by atoms with Crippen LogP contribution in [0.1, 0.15) is 35.9 Å². The second kappa shape index (κ2) is 6.60. The Bertz CT molecular complexity index is 600. The minimum atomic E-state index is 0.147. The molecule has 2 atom stereocenters. The van der Waals surface area contributed by atoms with E-state index in [9.17, 15) is 0 Å². The van der Waals surface area contributed by atoms with Crippen molar-refractivity contribution in [3.63, 3.8) is 0 Å². The van der Waals surface area contributed by atoms with Crippen molar-refractivity contribution in [2.24, 2.45) is 5.84 Å². The Hall–Kier alpha value is -1.36. The molecule has 0 saturated carbocycles. The number of para-hydroxylation sites is 1. The van der Waals surface area contributed by atoms with Crippen LogP contribution in [0.4, 0.5) is 0 Å². The van der Waals surface area contributed by atoms with Gasteiger partial charge >= 0.3 is 0 Å². The summed E-state index contributed by atoms with van der Waals surface area (Å²) in [5, 5.41) is 0. The van der Waals surface area contributed by atoms with E-state index in [1.54, 1.807) is 0 Å². The molecule has 0 amide bonds. The summed E-state index contributed by atoms with van der Waals surface area (Å²) in [6.45, 7) is 0.777. The van der Waals surface area contributed by atoms with Crippen molar-refractivity contribution < 1.29 is 4.74 Å². The van der Waals surface area contributed by atoms with Crippen LogP contribution in [0.5, 0.6) is 5.75 Å². The summed E-state index contributed by atoms with van der Waals surface area (Å²) < 4.78 is 6.81. The molecule has 2 unspecified atom stereocenters. The van der Waals surface area contributed by atoms with Gasteiger partial charge < -0.3 is 4.74 Å². The van der Waals surface area contributed by atoms with Gasteiger partial charge in [0.15, 0.2) is 0 Å². The molecule has 110 valence electrons. The highest BCUT2D eigenvalue weighted by Gasteiger charge is 2.24. The Morgan fingerprint density at radius 2 is 1.95 bits per heavy atom. The van der Waals surface area contributed by atoms with Gasteiger partial charge in [0.1, 0.15) is 5.75 Å². The minimum Gasteiger partial charge on any atom is -0.493 e. The molecule has 0 aromatic heterocycles. The number of nitrogens with two attached hydrogens (primary N) is 1. The molecule has 21 heavy (non-hydrogen) atoms. The van der Waals surface area contributed by atoms with Gasteiger partial charge in [-0.05, 0) is 48.1 Å². The number of hydrogen-bond acceptors (Lipinski definition) is 3. The Balaban J connectivity index is 1.80. The van der Waals surface area contributed by atoms with Crippen molar-refractivity contribution >= 4 is 15.9 Å². The zero-order chi connectivity index (χ0) is 14.7. The quantitative estimate of drug-likeness (QED) is 0.651. The Morgan fingerprint density at radius 3 is 2.71 bits per heavy atom. The van der Waals surface area contributed by atoms with Crippen molar-refractivity contribution in [1.82, 2.24) is 5.43 Å². The van der Waals surface area contributed by atoms with Gasteiger partial charge in [0, 0.05) is 10.5 Å². The van der Waals surface area contributed by atoms with E-state index >= 15 is 0 Å². The number of halogens is 1. The first-order valence-electron chi connectivity index (χ1n) is 7.21. The molecule has 0 bridgehead atoms. The van der Waals surface area contributed by atoms with Crippen LogP contribution in [-0.2, 0) is 0 Å². The minimum absolute atomic E-state index is 0.147. The lowest BCUT2D eigenvalue weighted by Gasteiger charge is -2.29. The SMILES string of the molecule is NNC(CC1CCOc2ccccc21)c1ccc(Br)cc1. The molecular formula is C17H19BrN2O. The molecule has 0 saturated heterocycles. The maximum Gasteiger partial charge on any atom is 0.122 e. The van der Waals surface area contributed by atoms with Crippen molar-refractivity contribution in [1.29, 1.82) is 0 Å². The van der Waals surface area contributed by atoms with Gasteiger partial charge in [-0.25, -0.2) is 0 Å². The summed E-state index contributed by atoms with van der Waals surface area (Å²) in [5.41, 5.74) is 5.47. The maximum absolute atomic E-state index is 5.79. The lowest BCUT2D eigenvalue weighted by molar-refractivity contribution is 0.255. The highest BCUT2D eigenvalue weighted by atomic mass is 79.9. The Morgan fingerprint density at radius 1 is 1.19 bits per heavy atom. The fourth-order valence-corrected chi connectivity index (χ4v) is 3.20. The van der Waals surface area contributed by atoms with E-state index in [0.717, 1.165) is 29.7 Å². The topological polar surface area (TPSA) is 47.3 Å². The zero-order valence-electron chi connectivity index (χ0n) is 11.8. The lowest BCUT2D eigenvalue weighted by atomic mass is 9.86. The summed E-state index contributed by atoms with van der Waals surface area (Å²) in [6.07, 6.45) is 2.00.